The van der Waals surface area contributed by atoms with Gasteiger partial charge in [-0.1, -0.05) is 66.2 Å². The Labute approximate surface area is 214 Å². The van der Waals surface area contributed by atoms with E-state index in [2.05, 4.69) is 97.9 Å². The Kier molecular flexibility index (Phi) is 7.74. The number of nitrogens with zero attached hydrogens (tertiary/aromatic N) is 2. The minimum Gasteiger partial charge on any atom is -0.390 e. The van der Waals surface area contributed by atoms with Gasteiger partial charge in [0.15, 0.2) is 0 Å². The van der Waals surface area contributed by atoms with Crippen molar-refractivity contribution >= 4 is 17.6 Å². The van der Waals surface area contributed by atoms with Crippen molar-refractivity contribution in [1.82, 2.24) is 15.5 Å². The Balaban J connectivity index is 1.84. The molecule has 0 saturated carbocycles. The predicted molar refractivity (Wildman–Crippen MR) is 149 cm³/mol. The van der Waals surface area contributed by atoms with Crippen LogP contribution in [0.2, 0.25) is 0 Å². The van der Waals surface area contributed by atoms with Gasteiger partial charge in [0.25, 0.3) is 0 Å². The Bertz CT molecular complexity index is 1250. The van der Waals surface area contributed by atoms with Crippen LogP contribution in [0.15, 0.2) is 84.5 Å². The van der Waals surface area contributed by atoms with Crippen LogP contribution in [0, 0.1) is 20.8 Å². The Hall–Kier alpha value is -4.06. The number of amidine groups is 1. The summed E-state index contributed by atoms with van der Waals surface area (Å²) >= 11 is 0. The molecular formula is C30H35N5O. The number of hydrogen-bond donors (Lipinski definition) is 3. The van der Waals surface area contributed by atoms with Gasteiger partial charge in [0.05, 0.1) is 6.04 Å². The number of nitrogens with one attached hydrogen (secondary N) is 3. The Morgan fingerprint density at radius 2 is 1.58 bits per heavy atom. The molecule has 2 amide bonds. The van der Waals surface area contributed by atoms with Crippen molar-refractivity contribution in [3.05, 3.63) is 113 Å². The fourth-order valence-electron chi connectivity index (χ4n) is 4.57. The third-order valence-electron chi connectivity index (χ3n) is 6.57. The molecule has 4 rings (SSSR count). The number of benzene rings is 3. The first-order valence-electron chi connectivity index (χ1n) is 12.3. The molecule has 1 aliphatic heterocycles. The highest BCUT2D eigenvalue weighted by molar-refractivity contribution is 6.10. The lowest BCUT2D eigenvalue weighted by Crippen LogP contribution is -2.45. The van der Waals surface area contributed by atoms with Crippen LogP contribution in [0.25, 0.3) is 0 Å². The second-order valence-corrected chi connectivity index (χ2v) is 9.20. The minimum atomic E-state index is -0.279. The highest BCUT2D eigenvalue weighted by atomic mass is 16.2. The van der Waals surface area contributed by atoms with Crippen molar-refractivity contribution in [2.24, 2.45) is 4.99 Å². The van der Waals surface area contributed by atoms with Gasteiger partial charge in [-0.3, -0.25) is 9.89 Å². The third-order valence-corrected chi connectivity index (χ3v) is 6.57. The van der Waals surface area contributed by atoms with Gasteiger partial charge in [0, 0.05) is 31.4 Å². The predicted octanol–water partition coefficient (Wildman–Crippen LogP) is 5.64. The van der Waals surface area contributed by atoms with Crippen LogP contribution in [0.4, 0.5) is 10.5 Å². The van der Waals surface area contributed by atoms with Crippen LogP contribution in [0.3, 0.4) is 0 Å². The molecule has 36 heavy (non-hydrogen) atoms. The maximum Gasteiger partial charge on any atom is 0.323 e. The Morgan fingerprint density at radius 1 is 0.944 bits per heavy atom. The van der Waals surface area contributed by atoms with Gasteiger partial charge >= 0.3 is 6.03 Å². The quantitative estimate of drug-likeness (QED) is 0.365. The topological polar surface area (TPSA) is 68.8 Å². The molecule has 1 heterocycles. The van der Waals surface area contributed by atoms with E-state index in [1.165, 1.54) is 11.1 Å². The number of carbonyl (C=O) groups is 1. The lowest BCUT2D eigenvalue weighted by Gasteiger charge is -2.30. The van der Waals surface area contributed by atoms with Gasteiger partial charge in [-0.05, 0) is 61.9 Å². The molecular weight excluding hydrogens is 446 g/mol. The number of rotatable bonds is 8. The van der Waals surface area contributed by atoms with Crippen molar-refractivity contribution < 1.29 is 4.79 Å². The SMILES string of the molecule is C=CNCCNC(=O)N1C(c2ccc(NC)cc2C)=NC(c2ccc(C)cc2)C1c1ccc(C)cc1. The van der Waals surface area contributed by atoms with E-state index in [0.717, 1.165) is 27.9 Å². The fourth-order valence-corrected chi connectivity index (χ4v) is 4.57. The summed E-state index contributed by atoms with van der Waals surface area (Å²) < 4.78 is 0. The lowest BCUT2D eigenvalue weighted by atomic mass is 9.92. The average Bonchev–Trinajstić information content (AvgIpc) is 3.27. The summed E-state index contributed by atoms with van der Waals surface area (Å²) in [4.78, 5) is 20.8. The van der Waals surface area contributed by atoms with Crippen LogP contribution in [0.1, 0.15) is 45.5 Å². The van der Waals surface area contributed by atoms with Gasteiger partial charge < -0.3 is 16.0 Å². The standard InChI is InChI=1S/C30H35N5O/c1-6-32-17-18-33-30(36)35-28(24-13-9-21(3)10-14-24)27(23-11-7-20(2)8-12-23)34-29(35)26-16-15-25(31-5)19-22(26)4/h6-16,19,27-28,31-32H,1,17-18H2,2-5H3,(H,33,36). The van der Waals surface area contributed by atoms with Gasteiger partial charge in [-0.15, -0.1) is 0 Å². The largest absolute Gasteiger partial charge is 0.390 e. The molecule has 6 heteroatoms. The molecule has 3 aromatic rings. The summed E-state index contributed by atoms with van der Waals surface area (Å²) in [5.74, 6) is 0.681. The zero-order chi connectivity index (χ0) is 25.7. The van der Waals surface area contributed by atoms with Gasteiger partial charge in [-0.25, -0.2) is 4.79 Å². The van der Waals surface area contributed by atoms with E-state index in [4.69, 9.17) is 4.99 Å². The molecule has 0 saturated heterocycles. The van der Waals surface area contributed by atoms with E-state index in [1.807, 2.05) is 24.1 Å². The first-order valence-corrected chi connectivity index (χ1v) is 12.3. The van der Waals surface area contributed by atoms with Crippen molar-refractivity contribution in [2.75, 3.05) is 25.5 Å². The normalized spacial score (nSPS) is 16.9. The molecule has 1 aliphatic rings. The summed E-state index contributed by atoms with van der Waals surface area (Å²) in [6.45, 7) is 11.0. The van der Waals surface area contributed by atoms with E-state index in [1.54, 1.807) is 6.20 Å². The molecule has 6 nitrogen and oxygen atoms in total. The van der Waals surface area contributed by atoms with Crippen LogP contribution < -0.4 is 16.0 Å². The van der Waals surface area contributed by atoms with Gasteiger partial charge in [0.1, 0.15) is 11.9 Å². The highest BCUT2D eigenvalue weighted by Crippen LogP contribution is 2.44. The first kappa shape index (κ1) is 25.0. The van der Waals surface area contributed by atoms with Gasteiger partial charge in [0.2, 0.25) is 0 Å². The van der Waals surface area contributed by atoms with E-state index in [-0.39, 0.29) is 18.1 Å². The van der Waals surface area contributed by atoms with E-state index >= 15 is 0 Å². The molecule has 2 unspecified atom stereocenters. The van der Waals surface area contributed by atoms with Crippen molar-refractivity contribution in [3.63, 3.8) is 0 Å². The molecule has 0 fully saturated rings. The highest BCUT2D eigenvalue weighted by Gasteiger charge is 2.42. The van der Waals surface area contributed by atoms with Crippen molar-refractivity contribution in [3.8, 4) is 0 Å². The van der Waals surface area contributed by atoms with Crippen molar-refractivity contribution in [1.29, 1.82) is 0 Å². The van der Waals surface area contributed by atoms with Crippen LogP contribution >= 0.6 is 0 Å². The average molecular weight is 482 g/mol. The number of urea groups is 1. The molecule has 3 aromatic carbocycles. The number of aryl methyl sites for hydroxylation is 3. The molecule has 0 aliphatic carbocycles. The monoisotopic (exact) mass is 481 g/mol. The number of carbonyl (C=O) groups excluding carboxylic acids is 1. The lowest BCUT2D eigenvalue weighted by molar-refractivity contribution is 0.208. The summed E-state index contributed by atoms with van der Waals surface area (Å²) in [6.07, 6.45) is 1.63. The Morgan fingerprint density at radius 3 is 2.17 bits per heavy atom. The third kappa shape index (κ3) is 5.28. The second-order valence-electron chi connectivity index (χ2n) is 9.20. The number of aliphatic imine (C=N–C) groups is 1. The minimum absolute atomic E-state index is 0.170. The van der Waals surface area contributed by atoms with E-state index in [9.17, 15) is 4.79 Å². The van der Waals surface area contributed by atoms with Crippen molar-refractivity contribution in [2.45, 2.75) is 32.9 Å². The van der Waals surface area contributed by atoms with E-state index < -0.39 is 0 Å². The summed E-state index contributed by atoms with van der Waals surface area (Å²) in [6, 6.07) is 22.3. The van der Waals surface area contributed by atoms with Gasteiger partial charge in [-0.2, -0.15) is 0 Å². The first-order chi connectivity index (χ1) is 17.4. The number of anilines is 1. The zero-order valence-electron chi connectivity index (χ0n) is 21.5. The van der Waals surface area contributed by atoms with Crippen LogP contribution in [-0.2, 0) is 0 Å². The molecule has 0 bridgehead atoms. The summed E-state index contributed by atoms with van der Waals surface area (Å²) in [5, 5.41) is 9.31. The zero-order valence-corrected chi connectivity index (χ0v) is 21.5. The van der Waals surface area contributed by atoms with Crippen LogP contribution in [-0.4, -0.2) is 36.9 Å². The maximum absolute atomic E-state index is 13.8. The molecule has 0 spiro atoms. The number of hydrogen-bond acceptors (Lipinski definition) is 4. The maximum atomic E-state index is 13.8. The molecule has 2 atom stereocenters. The van der Waals surface area contributed by atoms with Crippen LogP contribution in [0.5, 0.6) is 0 Å². The molecule has 3 N–H and O–H groups in total. The van der Waals surface area contributed by atoms with E-state index in [0.29, 0.717) is 18.9 Å². The molecule has 186 valence electrons. The molecule has 0 aromatic heterocycles. The fraction of sp³-hybridized carbons (Fsp3) is 0.267. The molecule has 0 radical (unpaired) electrons. The number of amides is 2. The summed E-state index contributed by atoms with van der Waals surface area (Å²) in [7, 11) is 1.90. The second kappa shape index (κ2) is 11.1. The smallest absolute Gasteiger partial charge is 0.323 e. The summed E-state index contributed by atoms with van der Waals surface area (Å²) in [5.41, 5.74) is 7.52.